The number of fused-ring (bicyclic) bond motifs is 1. The van der Waals surface area contributed by atoms with Crippen LogP contribution in [0.3, 0.4) is 0 Å². The van der Waals surface area contributed by atoms with E-state index >= 15 is 0 Å². The highest BCUT2D eigenvalue weighted by Crippen LogP contribution is 2.32. The first-order chi connectivity index (χ1) is 20.0. The van der Waals surface area contributed by atoms with Crippen molar-refractivity contribution >= 4 is 23.0 Å². The van der Waals surface area contributed by atoms with E-state index in [1.807, 2.05) is 73.1 Å². The molecule has 4 heterocycles. The standard InChI is InChI=1S/C31H34N8O2/c1-21-28(23-16-26-30(32-17-23)37(2)20-33-26)36-39(24-12-8-5-9-13-24)29(21)35-31(40)34-27-19-38(14-15-41-3)18-25(27)22-10-6-4-7-11-22/h4-13,16-17,20,25,27H,14-15,18-19H2,1-3H3,(H2,34,35,40)/t25-,27+/m0/s1. The van der Waals surface area contributed by atoms with Crippen LogP contribution in [0.25, 0.3) is 28.1 Å². The molecule has 0 saturated carbocycles. The third-order valence-corrected chi connectivity index (χ3v) is 7.73. The molecular weight excluding hydrogens is 516 g/mol. The number of urea groups is 1. The SMILES string of the molecule is COCCN1C[C@@H](NC(=O)Nc2c(C)c(-c3cnc4c(c3)ncn4C)nn2-c2ccccc2)[C@H](c2ccccc2)C1. The molecule has 0 spiro atoms. The third-order valence-electron chi connectivity index (χ3n) is 7.73. The van der Waals surface area contributed by atoms with Crippen molar-refractivity contribution in [2.75, 3.05) is 38.7 Å². The Balaban J connectivity index is 1.30. The Hall–Kier alpha value is -4.54. The van der Waals surface area contributed by atoms with E-state index in [-0.39, 0.29) is 18.0 Å². The van der Waals surface area contributed by atoms with Crippen LogP contribution in [-0.4, -0.2) is 74.6 Å². The van der Waals surface area contributed by atoms with E-state index in [1.165, 1.54) is 5.56 Å². The van der Waals surface area contributed by atoms with Gasteiger partial charge in [-0.2, -0.15) is 5.10 Å². The van der Waals surface area contributed by atoms with Crippen LogP contribution >= 0.6 is 0 Å². The molecule has 1 fully saturated rings. The fourth-order valence-corrected chi connectivity index (χ4v) is 5.60. The van der Waals surface area contributed by atoms with Crippen LogP contribution in [-0.2, 0) is 11.8 Å². The minimum atomic E-state index is -0.269. The first-order valence-electron chi connectivity index (χ1n) is 13.8. The smallest absolute Gasteiger partial charge is 0.320 e. The summed E-state index contributed by atoms with van der Waals surface area (Å²) in [5.41, 5.74) is 6.06. The molecule has 1 saturated heterocycles. The zero-order chi connectivity index (χ0) is 28.3. The lowest BCUT2D eigenvalue weighted by atomic mass is 9.94. The molecule has 10 heteroatoms. The normalized spacial score (nSPS) is 17.2. The van der Waals surface area contributed by atoms with Gasteiger partial charge in [-0.3, -0.25) is 10.2 Å². The first-order valence-corrected chi connectivity index (χ1v) is 13.8. The van der Waals surface area contributed by atoms with Crippen LogP contribution in [0.15, 0.2) is 79.3 Å². The largest absolute Gasteiger partial charge is 0.383 e. The Bertz CT molecular complexity index is 1650. The Labute approximate surface area is 239 Å². The number of hydrogen-bond acceptors (Lipinski definition) is 6. The van der Waals surface area contributed by atoms with Gasteiger partial charge < -0.3 is 14.6 Å². The number of nitrogens with zero attached hydrogens (tertiary/aromatic N) is 6. The highest BCUT2D eigenvalue weighted by atomic mass is 16.5. The van der Waals surface area contributed by atoms with Crippen molar-refractivity contribution < 1.29 is 9.53 Å². The van der Waals surface area contributed by atoms with Gasteiger partial charge in [0, 0.05) is 57.0 Å². The van der Waals surface area contributed by atoms with E-state index in [1.54, 1.807) is 24.3 Å². The number of para-hydroxylation sites is 1. The molecule has 2 atom stereocenters. The van der Waals surface area contributed by atoms with E-state index in [2.05, 4.69) is 37.6 Å². The molecule has 5 aromatic rings. The van der Waals surface area contributed by atoms with E-state index < -0.39 is 0 Å². The summed E-state index contributed by atoms with van der Waals surface area (Å²) in [5, 5.41) is 11.3. The van der Waals surface area contributed by atoms with Crippen molar-refractivity contribution in [3.63, 3.8) is 0 Å². The molecule has 1 aliphatic heterocycles. The minimum Gasteiger partial charge on any atom is -0.383 e. The van der Waals surface area contributed by atoms with Crippen molar-refractivity contribution in [3.05, 3.63) is 90.4 Å². The summed E-state index contributed by atoms with van der Waals surface area (Å²) in [6, 6.07) is 21.8. The average Bonchev–Trinajstić information content (AvgIpc) is 3.68. The molecule has 0 aliphatic carbocycles. The minimum absolute atomic E-state index is 0.0575. The van der Waals surface area contributed by atoms with Crippen molar-refractivity contribution in [1.29, 1.82) is 0 Å². The Morgan fingerprint density at radius 2 is 1.80 bits per heavy atom. The number of hydrogen-bond donors (Lipinski definition) is 2. The number of imidazole rings is 1. The lowest BCUT2D eigenvalue weighted by Crippen LogP contribution is -2.42. The molecule has 210 valence electrons. The van der Waals surface area contributed by atoms with Gasteiger partial charge in [0.2, 0.25) is 0 Å². The average molecular weight is 551 g/mol. The molecule has 0 unspecified atom stereocenters. The number of pyridine rings is 1. The third kappa shape index (κ3) is 5.44. The predicted octanol–water partition coefficient (Wildman–Crippen LogP) is 4.37. The number of amides is 2. The number of methoxy groups -OCH3 is 1. The summed E-state index contributed by atoms with van der Waals surface area (Å²) in [6.07, 6.45) is 3.55. The Morgan fingerprint density at radius 3 is 2.56 bits per heavy atom. The molecule has 2 N–H and O–H groups in total. The molecule has 2 amide bonds. The Morgan fingerprint density at radius 1 is 1.05 bits per heavy atom. The number of ether oxygens (including phenoxy) is 1. The van der Waals surface area contributed by atoms with E-state index in [0.717, 1.165) is 53.3 Å². The number of carbonyl (C=O) groups is 1. The summed E-state index contributed by atoms with van der Waals surface area (Å²) >= 11 is 0. The quantitative estimate of drug-likeness (QED) is 0.298. The van der Waals surface area contributed by atoms with Crippen LogP contribution in [0.1, 0.15) is 17.0 Å². The summed E-state index contributed by atoms with van der Waals surface area (Å²) in [4.78, 5) is 25.0. The van der Waals surface area contributed by atoms with E-state index in [0.29, 0.717) is 12.4 Å². The second-order valence-corrected chi connectivity index (χ2v) is 10.5. The molecule has 3 aromatic heterocycles. The van der Waals surface area contributed by atoms with Gasteiger partial charge in [-0.15, -0.1) is 0 Å². The number of anilines is 1. The topological polar surface area (TPSA) is 102 Å². The molecule has 0 radical (unpaired) electrons. The lowest BCUT2D eigenvalue weighted by Gasteiger charge is -2.21. The highest BCUT2D eigenvalue weighted by Gasteiger charge is 2.35. The van der Waals surface area contributed by atoms with Crippen LogP contribution < -0.4 is 10.6 Å². The molecule has 41 heavy (non-hydrogen) atoms. The van der Waals surface area contributed by atoms with E-state index in [9.17, 15) is 4.79 Å². The summed E-state index contributed by atoms with van der Waals surface area (Å²) in [7, 11) is 3.63. The zero-order valence-electron chi connectivity index (χ0n) is 23.5. The summed E-state index contributed by atoms with van der Waals surface area (Å²) in [5.74, 6) is 0.779. The van der Waals surface area contributed by atoms with Gasteiger partial charge >= 0.3 is 6.03 Å². The fourth-order valence-electron chi connectivity index (χ4n) is 5.60. The number of aryl methyl sites for hydroxylation is 1. The second-order valence-electron chi connectivity index (χ2n) is 10.5. The number of aromatic nitrogens is 5. The number of rotatable bonds is 8. The zero-order valence-corrected chi connectivity index (χ0v) is 23.5. The molecule has 2 aromatic carbocycles. The lowest BCUT2D eigenvalue weighted by molar-refractivity contribution is 0.159. The van der Waals surface area contributed by atoms with Gasteiger partial charge in [0.25, 0.3) is 0 Å². The van der Waals surface area contributed by atoms with Gasteiger partial charge in [0.05, 0.1) is 30.4 Å². The van der Waals surface area contributed by atoms with Crippen LogP contribution in [0.5, 0.6) is 0 Å². The predicted molar refractivity (Wildman–Crippen MR) is 159 cm³/mol. The van der Waals surface area contributed by atoms with Crippen LogP contribution in [0.4, 0.5) is 10.6 Å². The van der Waals surface area contributed by atoms with Gasteiger partial charge in [-0.25, -0.2) is 19.4 Å². The van der Waals surface area contributed by atoms with Crippen molar-refractivity contribution in [2.24, 2.45) is 7.05 Å². The molecule has 1 aliphatic rings. The van der Waals surface area contributed by atoms with E-state index in [4.69, 9.17) is 9.84 Å². The number of likely N-dealkylation sites (tertiary alicyclic amines) is 1. The summed E-state index contributed by atoms with van der Waals surface area (Å²) in [6.45, 7) is 5.03. The second kappa shape index (κ2) is 11.5. The molecular formula is C31H34N8O2. The van der Waals surface area contributed by atoms with Crippen LogP contribution in [0.2, 0.25) is 0 Å². The maximum absolute atomic E-state index is 13.6. The van der Waals surface area contributed by atoms with Gasteiger partial charge in [0.15, 0.2) is 5.65 Å². The van der Waals surface area contributed by atoms with Gasteiger partial charge in [-0.1, -0.05) is 48.5 Å². The molecule has 10 nitrogen and oxygen atoms in total. The van der Waals surface area contributed by atoms with Gasteiger partial charge in [0.1, 0.15) is 11.3 Å². The summed E-state index contributed by atoms with van der Waals surface area (Å²) < 4.78 is 8.97. The highest BCUT2D eigenvalue weighted by molar-refractivity contribution is 5.91. The molecule has 0 bridgehead atoms. The maximum atomic E-state index is 13.6. The van der Waals surface area contributed by atoms with Crippen molar-refractivity contribution in [1.82, 2.24) is 34.5 Å². The molecule has 6 rings (SSSR count). The van der Waals surface area contributed by atoms with Crippen molar-refractivity contribution in [2.45, 2.75) is 18.9 Å². The van der Waals surface area contributed by atoms with Crippen molar-refractivity contribution in [3.8, 4) is 16.9 Å². The number of nitrogens with one attached hydrogen (secondary N) is 2. The number of benzene rings is 2. The maximum Gasteiger partial charge on any atom is 0.320 e. The Kier molecular flexibility index (Phi) is 7.49. The number of carbonyl (C=O) groups excluding carboxylic acids is 1. The van der Waals surface area contributed by atoms with Crippen LogP contribution in [0, 0.1) is 6.92 Å². The fraction of sp³-hybridized carbons (Fsp3) is 0.290. The van der Waals surface area contributed by atoms with Gasteiger partial charge in [-0.05, 0) is 30.7 Å². The monoisotopic (exact) mass is 550 g/mol. The first kappa shape index (κ1) is 26.7.